The van der Waals surface area contributed by atoms with Gasteiger partial charge in [0.2, 0.25) is 0 Å². The van der Waals surface area contributed by atoms with Gasteiger partial charge in [0, 0.05) is 5.88 Å². The topological polar surface area (TPSA) is 24.1 Å². The van der Waals surface area contributed by atoms with Gasteiger partial charge < -0.3 is 10.6 Å². The first-order valence-electron chi connectivity index (χ1n) is 2.75. The molecule has 0 aliphatic carbocycles. The Balaban J connectivity index is 0. The number of alkyl halides is 1. The van der Waals surface area contributed by atoms with E-state index in [0.29, 0.717) is 12.0 Å². The van der Waals surface area contributed by atoms with Crippen LogP contribution in [0.1, 0.15) is 6.42 Å². The molecule has 0 amide bonds. The smallest absolute Gasteiger partial charge is 0.0578 e. The first kappa shape index (κ1) is 12.2. The van der Waals surface area contributed by atoms with Gasteiger partial charge in [0.05, 0.1) is 6.17 Å². The number of rotatable bonds is 4. The van der Waals surface area contributed by atoms with Gasteiger partial charge in [0.15, 0.2) is 0 Å². The summed E-state index contributed by atoms with van der Waals surface area (Å²) in [6.07, 6.45) is 1.33. The number of hydrogen-bond acceptors (Lipinski definition) is 2. The first-order chi connectivity index (χ1) is 3.85. The average molecular weight is 173 g/mol. The summed E-state index contributed by atoms with van der Waals surface area (Å²) in [5, 5.41) is 6.11. The maximum absolute atomic E-state index is 5.47. The van der Waals surface area contributed by atoms with Gasteiger partial charge in [-0.05, 0) is 20.5 Å². The molecule has 0 bridgehead atoms. The predicted molar refractivity (Wildman–Crippen MR) is 44.5 cm³/mol. The minimum atomic E-state index is 0. The molecule has 2 N–H and O–H groups in total. The number of hydrogen-bond donors (Lipinski definition) is 2. The van der Waals surface area contributed by atoms with Gasteiger partial charge in [-0.2, -0.15) is 0 Å². The third-order valence-corrected chi connectivity index (χ3v) is 1.31. The van der Waals surface area contributed by atoms with Crippen LogP contribution >= 0.6 is 24.0 Å². The lowest BCUT2D eigenvalue weighted by atomic mass is 10.4. The van der Waals surface area contributed by atoms with Crippen molar-refractivity contribution < 1.29 is 0 Å². The molecule has 0 aliphatic heterocycles. The molecule has 0 fully saturated rings. The highest BCUT2D eigenvalue weighted by atomic mass is 35.5. The third-order valence-electron chi connectivity index (χ3n) is 1.09. The molecule has 0 radical (unpaired) electrons. The summed E-state index contributed by atoms with van der Waals surface area (Å²) in [5.41, 5.74) is 0. The van der Waals surface area contributed by atoms with Gasteiger partial charge in [-0.15, -0.1) is 24.0 Å². The second-order valence-electron chi connectivity index (χ2n) is 1.61. The van der Waals surface area contributed by atoms with Crippen LogP contribution in [0, 0.1) is 0 Å². The molecule has 0 aromatic carbocycles. The second-order valence-corrected chi connectivity index (χ2v) is 1.99. The Hall–Kier alpha value is 0.500. The Bertz CT molecular complexity index is 48.2. The molecule has 0 saturated heterocycles. The van der Waals surface area contributed by atoms with Crippen LogP contribution in [0.25, 0.3) is 0 Å². The lowest BCUT2D eigenvalue weighted by molar-refractivity contribution is 0.483. The van der Waals surface area contributed by atoms with Crippen LogP contribution in [0.4, 0.5) is 0 Å². The molecule has 0 aromatic rings. The van der Waals surface area contributed by atoms with E-state index in [2.05, 4.69) is 10.6 Å². The van der Waals surface area contributed by atoms with E-state index in [0.717, 1.165) is 6.42 Å². The van der Waals surface area contributed by atoms with Crippen molar-refractivity contribution in [2.75, 3.05) is 20.0 Å². The number of halogens is 2. The SMILES string of the molecule is CNC(CCCl)NC.Cl. The summed E-state index contributed by atoms with van der Waals surface area (Å²) in [4.78, 5) is 0. The lowest BCUT2D eigenvalue weighted by Gasteiger charge is -2.11. The van der Waals surface area contributed by atoms with Crippen LogP contribution in [0.2, 0.25) is 0 Å². The molecule has 58 valence electrons. The molecule has 0 unspecified atom stereocenters. The van der Waals surface area contributed by atoms with Gasteiger partial charge in [-0.1, -0.05) is 0 Å². The molecule has 9 heavy (non-hydrogen) atoms. The Kier molecular flexibility index (Phi) is 11.5. The number of nitrogens with one attached hydrogen (secondary N) is 2. The van der Waals surface area contributed by atoms with Gasteiger partial charge in [0.25, 0.3) is 0 Å². The van der Waals surface area contributed by atoms with Gasteiger partial charge in [0.1, 0.15) is 0 Å². The largest absolute Gasteiger partial charge is 0.305 e. The zero-order valence-electron chi connectivity index (χ0n) is 5.78. The van der Waals surface area contributed by atoms with Crippen molar-refractivity contribution in [3.05, 3.63) is 0 Å². The van der Waals surface area contributed by atoms with Gasteiger partial charge in [-0.25, -0.2) is 0 Å². The van der Waals surface area contributed by atoms with Crippen LogP contribution in [0.5, 0.6) is 0 Å². The molecular weight excluding hydrogens is 159 g/mol. The summed E-state index contributed by atoms with van der Waals surface area (Å²) in [7, 11) is 3.82. The predicted octanol–water partition coefficient (Wildman–Crippen LogP) is 0.802. The molecule has 2 nitrogen and oxygen atoms in total. The highest BCUT2D eigenvalue weighted by molar-refractivity contribution is 6.17. The van der Waals surface area contributed by atoms with Crippen LogP contribution in [-0.4, -0.2) is 26.1 Å². The van der Waals surface area contributed by atoms with E-state index in [9.17, 15) is 0 Å². The van der Waals surface area contributed by atoms with Crippen molar-refractivity contribution in [2.24, 2.45) is 0 Å². The zero-order valence-corrected chi connectivity index (χ0v) is 7.35. The first-order valence-corrected chi connectivity index (χ1v) is 3.29. The zero-order chi connectivity index (χ0) is 6.41. The van der Waals surface area contributed by atoms with E-state index < -0.39 is 0 Å². The average Bonchev–Trinajstić information content (AvgIpc) is 1.83. The second kappa shape index (κ2) is 8.50. The maximum atomic E-state index is 5.47. The fourth-order valence-electron chi connectivity index (χ4n) is 0.542. The van der Waals surface area contributed by atoms with E-state index in [1.165, 1.54) is 0 Å². The Labute approximate surface area is 67.8 Å². The van der Waals surface area contributed by atoms with E-state index in [-0.39, 0.29) is 12.4 Å². The Morgan fingerprint density at radius 1 is 1.33 bits per heavy atom. The quantitative estimate of drug-likeness (QED) is 0.485. The van der Waals surface area contributed by atoms with Crippen molar-refractivity contribution in [1.29, 1.82) is 0 Å². The normalized spacial score (nSPS) is 9.33. The lowest BCUT2D eigenvalue weighted by Crippen LogP contribution is -2.37. The molecule has 4 heteroatoms. The monoisotopic (exact) mass is 172 g/mol. The van der Waals surface area contributed by atoms with E-state index >= 15 is 0 Å². The van der Waals surface area contributed by atoms with Crippen LogP contribution in [0.3, 0.4) is 0 Å². The Morgan fingerprint density at radius 2 is 1.78 bits per heavy atom. The summed E-state index contributed by atoms with van der Waals surface area (Å²) in [6.45, 7) is 0. The molecule has 0 heterocycles. The van der Waals surface area contributed by atoms with Crippen molar-refractivity contribution in [1.82, 2.24) is 10.6 Å². The van der Waals surface area contributed by atoms with Crippen molar-refractivity contribution >= 4 is 24.0 Å². The van der Waals surface area contributed by atoms with Gasteiger partial charge >= 0.3 is 0 Å². The van der Waals surface area contributed by atoms with E-state index in [1.807, 2.05) is 14.1 Å². The van der Waals surface area contributed by atoms with E-state index in [1.54, 1.807) is 0 Å². The third kappa shape index (κ3) is 6.38. The van der Waals surface area contributed by atoms with Crippen LogP contribution in [-0.2, 0) is 0 Å². The maximum Gasteiger partial charge on any atom is 0.0578 e. The highest BCUT2D eigenvalue weighted by Crippen LogP contribution is 1.87. The van der Waals surface area contributed by atoms with Crippen LogP contribution in [0.15, 0.2) is 0 Å². The molecule has 0 atom stereocenters. The molecule has 0 saturated carbocycles. The summed E-state index contributed by atoms with van der Waals surface area (Å²) >= 11 is 5.47. The molecule has 0 aromatic heterocycles. The summed E-state index contributed by atoms with van der Waals surface area (Å²) in [6, 6.07) is 0. The van der Waals surface area contributed by atoms with Crippen molar-refractivity contribution in [3.8, 4) is 0 Å². The minimum Gasteiger partial charge on any atom is -0.305 e. The molecular formula is C5H14Cl2N2. The summed E-state index contributed by atoms with van der Waals surface area (Å²) in [5.74, 6) is 0.701. The Morgan fingerprint density at radius 3 is 1.89 bits per heavy atom. The minimum absolute atomic E-state index is 0. The molecule has 0 aliphatic rings. The standard InChI is InChI=1S/C5H13ClN2.ClH/c1-7-5(8-2)3-4-6;/h5,7-8H,3-4H2,1-2H3;1H. The fraction of sp³-hybridized carbons (Fsp3) is 1.00. The van der Waals surface area contributed by atoms with E-state index in [4.69, 9.17) is 11.6 Å². The molecule has 0 rings (SSSR count). The van der Waals surface area contributed by atoms with Crippen LogP contribution < -0.4 is 10.6 Å². The van der Waals surface area contributed by atoms with Crippen molar-refractivity contribution in [3.63, 3.8) is 0 Å². The fourth-order valence-corrected chi connectivity index (χ4v) is 0.760. The van der Waals surface area contributed by atoms with Crippen molar-refractivity contribution in [2.45, 2.75) is 12.6 Å². The highest BCUT2D eigenvalue weighted by Gasteiger charge is 1.97. The van der Waals surface area contributed by atoms with Gasteiger partial charge in [-0.3, -0.25) is 0 Å². The molecule has 0 spiro atoms. The summed E-state index contributed by atoms with van der Waals surface area (Å²) < 4.78 is 0.